The lowest BCUT2D eigenvalue weighted by Crippen LogP contribution is -2.51. The summed E-state index contributed by atoms with van der Waals surface area (Å²) in [5.74, 6) is 0.855. The lowest BCUT2D eigenvalue weighted by atomic mass is 10.2. The lowest BCUT2D eigenvalue weighted by molar-refractivity contribution is 0.0922. The molecular formula is C18H24N6O. The Hall–Kier alpha value is -2.54. The number of nitrogens with one attached hydrogen (secondary N) is 1. The Morgan fingerprint density at radius 1 is 1.16 bits per heavy atom. The summed E-state index contributed by atoms with van der Waals surface area (Å²) in [5.41, 5.74) is 1.16. The number of hydrogen-bond acceptors (Lipinski definition) is 6. The summed E-state index contributed by atoms with van der Waals surface area (Å²) in [4.78, 5) is 29.5. The second kappa shape index (κ2) is 8.02. The van der Waals surface area contributed by atoms with Gasteiger partial charge in [0.05, 0.1) is 11.9 Å². The van der Waals surface area contributed by atoms with E-state index in [-0.39, 0.29) is 11.9 Å². The highest BCUT2D eigenvalue weighted by molar-refractivity contribution is 5.92. The number of anilines is 1. The van der Waals surface area contributed by atoms with E-state index in [4.69, 9.17) is 0 Å². The molecule has 0 radical (unpaired) electrons. The van der Waals surface area contributed by atoms with Gasteiger partial charge in [-0.15, -0.1) is 0 Å². The molecule has 0 unspecified atom stereocenters. The number of piperazine rings is 1. The Kier molecular flexibility index (Phi) is 5.55. The molecule has 1 N–H and O–H groups in total. The van der Waals surface area contributed by atoms with Crippen LogP contribution in [-0.4, -0.2) is 64.5 Å². The van der Waals surface area contributed by atoms with Gasteiger partial charge in [-0.3, -0.25) is 14.7 Å². The molecule has 0 spiro atoms. The number of hydrogen-bond donors (Lipinski definition) is 1. The van der Waals surface area contributed by atoms with Crippen molar-refractivity contribution >= 4 is 11.7 Å². The van der Waals surface area contributed by atoms with E-state index < -0.39 is 0 Å². The van der Waals surface area contributed by atoms with Crippen LogP contribution < -0.4 is 10.2 Å². The molecule has 1 fully saturated rings. The van der Waals surface area contributed by atoms with Gasteiger partial charge in [-0.25, -0.2) is 9.97 Å². The van der Waals surface area contributed by atoms with Gasteiger partial charge in [-0.2, -0.15) is 0 Å². The third-order valence-corrected chi connectivity index (χ3v) is 4.27. The zero-order valence-corrected chi connectivity index (χ0v) is 14.7. The molecule has 132 valence electrons. The molecule has 2 aromatic heterocycles. The van der Waals surface area contributed by atoms with Crippen molar-refractivity contribution in [3.8, 4) is 0 Å². The summed E-state index contributed by atoms with van der Waals surface area (Å²) in [6.45, 7) is 8.50. The summed E-state index contributed by atoms with van der Waals surface area (Å²) in [7, 11) is 0. The highest BCUT2D eigenvalue weighted by Gasteiger charge is 2.20. The topological polar surface area (TPSA) is 74.2 Å². The summed E-state index contributed by atoms with van der Waals surface area (Å²) >= 11 is 0. The van der Waals surface area contributed by atoms with Crippen LogP contribution in [-0.2, 0) is 0 Å². The number of carbonyl (C=O) groups excluding carboxylic acids is 1. The molecular weight excluding hydrogens is 316 g/mol. The van der Waals surface area contributed by atoms with E-state index in [9.17, 15) is 4.79 Å². The van der Waals surface area contributed by atoms with Crippen molar-refractivity contribution in [3.05, 3.63) is 48.2 Å². The summed E-state index contributed by atoms with van der Waals surface area (Å²) in [6, 6.07) is 6.04. The zero-order valence-electron chi connectivity index (χ0n) is 14.7. The minimum atomic E-state index is -0.174. The third-order valence-electron chi connectivity index (χ3n) is 4.27. The van der Waals surface area contributed by atoms with Gasteiger partial charge in [0.1, 0.15) is 11.5 Å². The Bertz CT molecular complexity index is 682. The number of pyridine rings is 1. The summed E-state index contributed by atoms with van der Waals surface area (Å²) < 4.78 is 0. The molecule has 7 nitrogen and oxygen atoms in total. The van der Waals surface area contributed by atoms with Crippen molar-refractivity contribution in [1.82, 2.24) is 25.2 Å². The predicted molar refractivity (Wildman–Crippen MR) is 96.6 cm³/mol. The fourth-order valence-electron chi connectivity index (χ4n) is 2.94. The molecule has 7 heteroatoms. The van der Waals surface area contributed by atoms with Gasteiger partial charge in [-0.05, 0) is 26.0 Å². The third kappa shape index (κ3) is 4.73. The molecule has 3 heterocycles. The number of carbonyl (C=O) groups is 1. The van der Waals surface area contributed by atoms with Crippen LogP contribution in [0.15, 0.2) is 36.8 Å². The number of amides is 1. The van der Waals surface area contributed by atoms with Crippen molar-refractivity contribution in [1.29, 1.82) is 0 Å². The molecule has 0 saturated carbocycles. The normalized spacial score (nSPS) is 16.5. The quantitative estimate of drug-likeness (QED) is 0.879. The minimum absolute atomic E-state index is 0.0528. The second-order valence-corrected chi connectivity index (χ2v) is 6.39. The Labute approximate surface area is 148 Å². The highest BCUT2D eigenvalue weighted by atomic mass is 16.1. The number of aromatic nitrogens is 3. The van der Waals surface area contributed by atoms with E-state index in [0.717, 1.165) is 44.2 Å². The van der Waals surface area contributed by atoms with Crippen LogP contribution in [0.1, 0.15) is 23.1 Å². The standard InChI is InChI=1S/C18H24N6O/c1-14-11-21-16(12-20-14)18(25)22-15(2)13-23-7-9-24(10-8-23)17-5-3-4-6-19-17/h3-6,11-12,15H,7-10,13H2,1-2H3,(H,22,25)/t15-/m0/s1. The fourth-order valence-corrected chi connectivity index (χ4v) is 2.94. The van der Waals surface area contributed by atoms with Crippen molar-refractivity contribution in [2.24, 2.45) is 0 Å². The van der Waals surface area contributed by atoms with E-state index in [1.54, 1.807) is 6.20 Å². The van der Waals surface area contributed by atoms with Gasteiger partial charge in [-0.1, -0.05) is 6.07 Å². The Morgan fingerprint density at radius 2 is 1.96 bits per heavy atom. The first kappa shape index (κ1) is 17.3. The largest absolute Gasteiger partial charge is 0.354 e. The monoisotopic (exact) mass is 340 g/mol. The smallest absolute Gasteiger partial charge is 0.271 e. The van der Waals surface area contributed by atoms with Crippen LogP contribution in [0.5, 0.6) is 0 Å². The van der Waals surface area contributed by atoms with Crippen LogP contribution in [0.25, 0.3) is 0 Å². The van der Waals surface area contributed by atoms with Crippen LogP contribution in [0.4, 0.5) is 5.82 Å². The van der Waals surface area contributed by atoms with Crippen LogP contribution >= 0.6 is 0 Å². The van der Waals surface area contributed by atoms with Crippen LogP contribution in [0, 0.1) is 6.92 Å². The lowest BCUT2D eigenvalue weighted by Gasteiger charge is -2.36. The average molecular weight is 340 g/mol. The highest BCUT2D eigenvalue weighted by Crippen LogP contribution is 2.12. The average Bonchev–Trinajstić information content (AvgIpc) is 2.63. The first-order valence-electron chi connectivity index (χ1n) is 8.59. The van der Waals surface area contributed by atoms with E-state index >= 15 is 0 Å². The predicted octanol–water partition coefficient (Wildman–Crippen LogP) is 1.12. The van der Waals surface area contributed by atoms with E-state index in [1.807, 2.05) is 38.2 Å². The Balaban J connectivity index is 1.45. The molecule has 1 saturated heterocycles. The molecule has 0 bridgehead atoms. The SMILES string of the molecule is Cc1cnc(C(=O)N[C@@H](C)CN2CCN(c3ccccn3)CC2)cn1. The summed E-state index contributed by atoms with van der Waals surface area (Å²) in [6.07, 6.45) is 4.95. The number of rotatable bonds is 5. The van der Waals surface area contributed by atoms with Gasteiger partial charge < -0.3 is 10.2 Å². The second-order valence-electron chi connectivity index (χ2n) is 6.39. The van der Waals surface area contributed by atoms with E-state index in [2.05, 4.69) is 30.1 Å². The van der Waals surface area contributed by atoms with E-state index in [0.29, 0.717) is 5.69 Å². The maximum absolute atomic E-state index is 12.2. The van der Waals surface area contributed by atoms with Gasteiger partial charge in [0, 0.05) is 51.2 Å². The van der Waals surface area contributed by atoms with Crippen molar-refractivity contribution in [3.63, 3.8) is 0 Å². The fraction of sp³-hybridized carbons (Fsp3) is 0.444. The molecule has 0 aliphatic carbocycles. The van der Waals surface area contributed by atoms with Gasteiger partial charge >= 0.3 is 0 Å². The van der Waals surface area contributed by atoms with Gasteiger partial charge in [0.25, 0.3) is 5.91 Å². The molecule has 1 aliphatic rings. The zero-order chi connectivity index (χ0) is 17.6. The molecule has 1 amide bonds. The maximum Gasteiger partial charge on any atom is 0.271 e. The van der Waals surface area contributed by atoms with Crippen LogP contribution in [0.3, 0.4) is 0 Å². The molecule has 0 aromatic carbocycles. The van der Waals surface area contributed by atoms with Gasteiger partial charge in [0.2, 0.25) is 0 Å². The molecule has 3 rings (SSSR count). The van der Waals surface area contributed by atoms with Crippen molar-refractivity contribution in [2.75, 3.05) is 37.6 Å². The molecule has 1 atom stereocenters. The van der Waals surface area contributed by atoms with E-state index in [1.165, 1.54) is 6.20 Å². The number of nitrogens with zero attached hydrogens (tertiary/aromatic N) is 5. The Morgan fingerprint density at radius 3 is 2.60 bits per heavy atom. The van der Waals surface area contributed by atoms with Gasteiger partial charge in [0.15, 0.2) is 0 Å². The number of aryl methyl sites for hydroxylation is 1. The minimum Gasteiger partial charge on any atom is -0.354 e. The van der Waals surface area contributed by atoms with Crippen LogP contribution in [0.2, 0.25) is 0 Å². The summed E-state index contributed by atoms with van der Waals surface area (Å²) in [5, 5.41) is 3.00. The molecule has 25 heavy (non-hydrogen) atoms. The molecule has 2 aromatic rings. The first-order chi connectivity index (χ1) is 12.1. The maximum atomic E-state index is 12.2. The van der Waals surface area contributed by atoms with Crippen molar-refractivity contribution in [2.45, 2.75) is 19.9 Å². The molecule has 1 aliphatic heterocycles. The first-order valence-corrected chi connectivity index (χ1v) is 8.59. The van der Waals surface area contributed by atoms with Crippen molar-refractivity contribution < 1.29 is 4.79 Å².